The van der Waals surface area contributed by atoms with Crippen molar-refractivity contribution in [3.05, 3.63) is 52.8 Å². The van der Waals surface area contributed by atoms with E-state index in [1.54, 1.807) is 12.1 Å². The number of methoxy groups -OCH3 is 1. The quantitative estimate of drug-likeness (QED) is 0.766. The van der Waals surface area contributed by atoms with Crippen molar-refractivity contribution in [3.8, 4) is 5.75 Å². The minimum absolute atomic E-state index is 0.0446. The van der Waals surface area contributed by atoms with Gasteiger partial charge >= 0.3 is 0 Å². The molecule has 1 saturated heterocycles. The molecule has 1 aliphatic rings. The van der Waals surface area contributed by atoms with Crippen LogP contribution in [0.3, 0.4) is 0 Å². The van der Waals surface area contributed by atoms with Crippen LogP contribution in [0.1, 0.15) is 18.4 Å². The molecule has 0 bridgehead atoms. The maximum absolute atomic E-state index is 13.1. The maximum Gasteiger partial charge on any atom is 0.243 e. The van der Waals surface area contributed by atoms with Crippen LogP contribution in [0, 0.1) is 18.7 Å². The normalized spacial score (nSPS) is 15.9. The summed E-state index contributed by atoms with van der Waals surface area (Å²) in [5.41, 5.74) is 1.34. The SMILES string of the molecule is COc1cc(Cl)c(C)cc1NC(=O)C1CCN(S(=O)(=O)c2ccc(F)cc2)CC1. The fourth-order valence-electron chi connectivity index (χ4n) is 3.28. The zero-order valence-electron chi connectivity index (χ0n) is 16.1. The first-order valence-corrected chi connectivity index (χ1v) is 10.9. The minimum Gasteiger partial charge on any atom is -0.495 e. The fourth-order valence-corrected chi connectivity index (χ4v) is 4.90. The van der Waals surface area contributed by atoms with Crippen LogP contribution in [0.2, 0.25) is 5.02 Å². The van der Waals surface area contributed by atoms with E-state index in [-0.39, 0.29) is 29.8 Å². The molecule has 0 unspecified atom stereocenters. The molecule has 2 aromatic carbocycles. The summed E-state index contributed by atoms with van der Waals surface area (Å²) in [5, 5.41) is 3.40. The van der Waals surface area contributed by atoms with E-state index in [1.807, 2.05) is 6.92 Å². The summed E-state index contributed by atoms with van der Waals surface area (Å²) < 4.78 is 45.1. The van der Waals surface area contributed by atoms with E-state index in [0.717, 1.165) is 17.7 Å². The van der Waals surface area contributed by atoms with E-state index in [0.29, 0.717) is 29.3 Å². The molecule has 0 aliphatic carbocycles. The molecule has 0 saturated carbocycles. The van der Waals surface area contributed by atoms with Crippen LogP contribution in [-0.2, 0) is 14.8 Å². The maximum atomic E-state index is 13.1. The van der Waals surface area contributed by atoms with Crippen LogP contribution in [0.25, 0.3) is 0 Å². The van der Waals surface area contributed by atoms with Gasteiger partial charge in [-0.1, -0.05) is 11.6 Å². The molecule has 0 spiro atoms. The number of halogens is 2. The van der Waals surface area contributed by atoms with Gasteiger partial charge < -0.3 is 10.1 Å². The second-order valence-electron chi connectivity index (χ2n) is 6.92. The first-order valence-electron chi connectivity index (χ1n) is 9.13. The predicted octanol–water partition coefficient (Wildman–Crippen LogP) is 3.84. The lowest BCUT2D eigenvalue weighted by Crippen LogP contribution is -2.41. The molecular formula is C20H22ClFN2O4S. The average Bonchev–Trinajstić information content (AvgIpc) is 2.71. The van der Waals surface area contributed by atoms with Crippen molar-refractivity contribution in [1.82, 2.24) is 4.31 Å². The summed E-state index contributed by atoms with van der Waals surface area (Å²) in [5.74, 6) is -0.545. The third-order valence-electron chi connectivity index (χ3n) is 5.01. The van der Waals surface area contributed by atoms with E-state index in [2.05, 4.69) is 5.32 Å². The third kappa shape index (κ3) is 4.71. The Bertz CT molecular complexity index is 1000. The fraction of sp³-hybridized carbons (Fsp3) is 0.350. The van der Waals surface area contributed by atoms with Crippen molar-refractivity contribution in [2.24, 2.45) is 5.92 Å². The molecule has 1 N–H and O–H groups in total. The molecule has 0 atom stereocenters. The molecule has 1 fully saturated rings. The van der Waals surface area contributed by atoms with Crippen LogP contribution in [0.15, 0.2) is 41.3 Å². The van der Waals surface area contributed by atoms with Crippen LogP contribution in [0.4, 0.5) is 10.1 Å². The van der Waals surface area contributed by atoms with Crippen molar-refractivity contribution in [1.29, 1.82) is 0 Å². The number of amides is 1. The Morgan fingerprint density at radius 3 is 2.41 bits per heavy atom. The Morgan fingerprint density at radius 1 is 1.21 bits per heavy atom. The highest BCUT2D eigenvalue weighted by atomic mass is 35.5. The predicted molar refractivity (Wildman–Crippen MR) is 109 cm³/mol. The Labute approximate surface area is 174 Å². The van der Waals surface area contributed by atoms with Crippen molar-refractivity contribution in [2.45, 2.75) is 24.7 Å². The zero-order chi connectivity index (χ0) is 21.2. The van der Waals surface area contributed by atoms with Gasteiger partial charge in [-0.2, -0.15) is 4.31 Å². The number of anilines is 1. The monoisotopic (exact) mass is 440 g/mol. The summed E-state index contributed by atoms with van der Waals surface area (Å²) in [6, 6.07) is 8.12. The van der Waals surface area contributed by atoms with Crippen LogP contribution in [-0.4, -0.2) is 38.8 Å². The Morgan fingerprint density at radius 2 is 1.83 bits per heavy atom. The number of hydrogen-bond donors (Lipinski definition) is 1. The minimum atomic E-state index is -3.71. The molecule has 3 rings (SSSR count). The van der Waals surface area contributed by atoms with Gasteiger partial charge in [0.2, 0.25) is 15.9 Å². The van der Waals surface area contributed by atoms with E-state index in [1.165, 1.54) is 23.5 Å². The van der Waals surface area contributed by atoms with Gasteiger partial charge in [-0.25, -0.2) is 12.8 Å². The first kappa shape index (κ1) is 21.5. The lowest BCUT2D eigenvalue weighted by atomic mass is 9.97. The zero-order valence-corrected chi connectivity index (χ0v) is 17.7. The number of piperidine rings is 1. The third-order valence-corrected chi connectivity index (χ3v) is 7.33. The smallest absolute Gasteiger partial charge is 0.243 e. The Hall–Kier alpha value is -2.16. The number of sulfonamides is 1. The number of ether oxygens (including phenoxy) is 1. The summed E-state index contributed by atoms with van der Waals surface area (Å²) in [7, 11) is -2.21. The topological polar surface area (TPSA) is 75.7 Å². The average molecular weight is 441 g/mol. The van der Waals surface area contributed by atoms with Gasteiger partial charge in [0.15, 0.2) is 0 Å². The van der Waals surface area contributed by atoms with Crippen molar-refractivity contribution >= 4 is 33.2 Å². The summed E-state index contributed by atoms with van der Waals surface area (Å²) in [6.07, 6.45) is 0.780. The highest BCUT2D eigenvalue weighted by Gasteiger charge is 2.32. The Kier molecular flexibility index (Phi) is 6.45. The van der Waals surface area contributed by atoms with E-state index in [4.69, 9.17) is 16.3 Å². The van der Waals surface area contributed by atoms with Crippen molar-refractivity contribution < 1.29 is 22.3 Å². The van der Waals surface area contributed by atoms with Crippen molar-refractivity contribution in [3.63, 3.8) is 0 Å². The number of carbonyl (C=O) groups excluding carboxylic acids is 1. The standard InChI is InChI=1S/C20H22ClFN2O4S/c1-13-11-18(19(28-2)12-17(13)21)23-20(25)14-7-9-24(10-8-14)29(26,27)16-5-3-15(22)4-6-16/h3-6,11-12,14H,7-10H2,1-2H3,(H,23,25). The molecular weight excluding hydrogens is 419 g/mol. The number of rotatable bonds is 5. The molecule has 6 nitrogen and oxygen atoms in total. The largest absolute Gasteiger partial charge is 0.495 e. The van der Waals surface area contributed by atoms with E-state index >= 15 is 0 Å². The second-order valence-corrected chi connectivity index (χ2v) is 9.27. The number of hydrogen-bond acceptors (Lipinski definition) is 4. The Balaban J connectivity index is 1.65. The number of nitrogens with zero attached hydrogens (tertiary/aromatic N) is 1. The molecule has 1 aliphatic heterocycles. The van der Waals surface area contributed by atoms with Gasteiger partial charge in [0, 0.05) is 30.1 Å². The van der Waals surface area contributed by atoms with Gasteiger partial charge in [-0.15, -0.1) is 0 Å². The highest BCUT2D eigenvalue weighted by Crippen LogP contribution is 2.32. The number of aryl methyl sites for hydroxylation is 1. The molecule has 0 radical (unpaired) electrons. The molecule has 9 heteroatoms. The van der Waals surface area contributed by atoms with Gasteiger partial charge in [0.05, 0.1) is 17.7 Å². The van der Waals surface area contributed by atoms with Gasteiger partial charge in [0.25, 0.3) is 0 Å². The van der Waals surface area contributed by atoms with Crippen LogP contribution in [0.5, 0.6) is 5.75 Å². The first-order chi connectivity index (χ1) is 13.7. The molecule has 29 heavy (non-hydrogen) atoms. The van der Waals surface area contributed by atoms with E-state index in [9.17, 15) is 17.6 Å². The molecule has 156 valence electrons. The molecule has 1 heterocycles. The number of carbonyl (C=O) groups is 1. The van der Waals surface area contributed by atoms with Gasteiger partial charge in [-0.05, 0) is 55.7 Å². The van der Waals surface area contributed by atoms with Crippen LogP contribution < -0.4 is 10.1 Å². The number of nitrogens with one attached hydrogen (secondary N) is 1. The van der Waals surface area contributed by atoms with Crippen LogP contribution >= 0.6 is 11.6 Å². The summed E-state index contributed by atoms with van der Waals surface area (Å²) in [4.78, 5) is 12.7. The molecule has 0 aromatic heterocycles. The lowest BCUT2D eigenvalue weighted by Gasteiger charge is -2.30. The van der Waals surface area contributed by atoms with E-state index < -0.39 is 15.8 Å². The van der Waals surface area contributed by atoms with Gasteiger partial charge in [0.1, 0.15) is 11.6 Å². The number of benzene rings is 2. The summed E-state index contributed by atoms with van der Waals surface area (Å²) in [6.45, 7) is 2.26. The molecule has 2 aromatic rings. The lowest BCUT2D eigenvalue weighted by molar-refractivity contribution is -0.120. The van der Waals surface area contributed by atoms with Crippen molar-refractivity contribution in [2.75, 3.05) is 25.5 Å². The molecule has 1 amide bonds. The summed E-state index contributed by atoms with van der Waals surface area (Å²) >= 11 is 6.09. The second kappa shape index (κ2) is 8.69. The highest BCUT2D eigenvalue weighted by molar-refractivity contribution is 7.89. The van der Waals surface area contributed by atoms with Gasteiger partial charge in [-0.3, -0.25) is 4.79 Å².